The third-order valence-corrected chi connectivity index (χ3v) is 6.08. The van der Waals surface area contributed by atoms with Crippen molar-refractivity contribution in [2.45, 2.75) is 18.7 Å². The molecule has 0 aliphatic rings. The number of likely N-dealkylation sites (N-methyl/N-ethyl adjacent to an activating group) is 1. The minimum atomic E-state index is -0.187. The van der Waals surface area contributed by atoms with Gasteiger partial charge in [0.05, 0.1) is 18.8 Å². The van der Waals surface area contributed by atoms with Crippen molar-refractivity contribution in [2.24, 2.45) is 0 Å². The molecular formula is C19H19BrN4O3S2. The number of thiophene rings is 1. The zero-order valence-electron chi connectivity index (χ0n) is 15.6. The zero-order valence-corrected chi connectivity index (χ0v) is 18.8. The fourth-order valence-corrected chi connectivity index (χ4v) is 4.14. The average molecular weight is 495 g/mol. The Hall–Kier alpha value is -2.17. The molecule has 10 heteroatoms. The summed E-state index contributed by atoms with van der Waals surface area (Å²) in [5, 5.41) is 13.1. The minimum Gasteiger partial charge on any atom is -0.411 e. The van der Waals surface area contributed by atoms with Gasteiger partial charge in [-0.25, -0.2) is 0 Å². The largest absolute Gasteiger partial charge is 0.411 e. The lowest BCUT2D eigenvalue weighted by Gasteiger charge is -2.19. The first kappa shape index (κ1) is 21.5. The lowest BCUT2D eigenvalue weighted by molar-refractivity contribution is -0.133. The number of hydrogen-bond donors (Lipinski definition) is 1. The van der Waals surface area contributed by atoms with Gasteiger partial charge in [-0.05, 0) is 36.6 Å². The van der Waals surface area contributed by atoms with Crippen LogP contribution in [0, 0.1) is 0 Å². The van der Waals surface area contributed by atoms with Crippen molar-refractivity contribution in [3.8, 4) is 11.5 Å². The highest BCUT2D eigenvalue weighted by Crippen LogP contribution is 2.25. The number of aromatic nitrogens is 2. The van der Waals surface area contributed by atoms with Crippen LogP contribution >= 0.6 is 39.0 Å². The molecule has 3 rings (SSSR count). The van der Waals surface area contributed by atoms with E-state index in [9.17, 15) is 9.59 Å². The molecule has 0 spiro atoms. The molecule has 3 aromatic rings. The number of halogens is 1. The molecule has 2 amide bonds. The quantitative estimate of drug-likeness (QED) is 0.454. The predicted octanol–water partition coefficient (Wildman–Crippen LogP) is 3.82. The van der Waals surface area contributed by atoms with Crippen LogP contribution in [0.3, 0.4) is 0 Å². The highest BCUT2D eigenvalue weighted by atomic mass is 79.9. The Bertz CT molecular complexity index is 962. The highest BCUT2D eigenvalue weighted by Gasteiger charge is 2.18. The summed E-state index contributed by atoms with van der Waals surface area (Å²) in [6.07, 6.45) is 0. The van der Waals surface area contributed by atoms with Crippen LogP contribution in [-0.2, 0) is 16.1 Å². The molecule has 0 saturated heterocycles. The molecule has 0 unspecified atom stereocenters. The molecule has 7 nitrogen and oxygen atoms in total. The van der Waals surface area contributed by atoms with Crippen molar-refractivity contribution in [1.29, 1.82) is 0 Å². The summed E-state index contributed by atoms with van der Waals surface area (Å²) in [6, 6.07) is 11.4. The maximum Gasteiger partial charge on any atom is 0.277 e. The van der Waals surface area contributed by atoms with E-state index in [1.807, 2.05) is 48.7 Å². The van der Waals surface area contributed by atoms with Crippen molar-refractivity contribution in [3.63, 3.8) is 0 Å². The Morgan fingerprint density at radius 3 is 2.86 bits per heavy atom. The van der Waals surface area contributed by atoms with E-state index in [0.29, 0.717) is 24.2 Å². The molecular weight excluding hydrogens is 476 g/mol. The van der Waals surface area contributed by atoms with Gasteiger partial charge < -0.3 is 14.6 Å². The summed E-state index contributed by atoms with van der Waals surface area (Å²) >= 11 is 6.14. The van der Waals surface area contributed by atoms with Gasteiger partial charge in [-0.2, -0.15) is 0 Å². The molecule has 29 heavy (non-hydrogen) atoms. The number of carbonyl (C=O) groups excluding carboxylic acids is 2. The van der Waals surface area contributed by atoms with Gasteiger partial charge in [0.25, 0.3) is 5.22 Å². The Kier molecular flexibility index (Phi) is 7.84. The van der Waals surface area contributed by atoms with Crippen molar-refractivity contribution < 1.29 is 14.0 Å². The normalized spacial score (nSPS) is 10.7. The second-order valence-electron chi connectivity index (χ2n) is 5.94. The molecule has 0 radical (unpaired) electrons. The predicted molar refractivity (Wildman–Crippen MR) is 117 cm³/mol. The standard InChI is InChI=1S/C19H19BrN4O3S2/c1-2-24(11-16(25)21-10-15-7-4-8-28-15)17(26)12-29-19-23-22-18(27-19)13-5-3-6-14(20)9-13/h3-9H,2,10-12H2,1H3,(H,21,25). The van der Waals surface area contributed by atoms with Gasteiger partial charge in [-0.15, -0.1) is 21.5 Å². The smallest absolute Gasteiger partial charge is 0.277 e. The van der Waals surface area contributed by atoms with E-state index < -0.39 is 0 Å². The van der Waals surface area contributed by atoms with Crippen LogP contribution in [0.15, 0.2) is 55.9 Å². The van der Waals surface area contributed by atoms with Crippen LogP contribution in [-0.4, -0.2) is 45.8 Å². The van der Waals surface area contributed by atoms with E-state index in [4.69, 9.17) is 4.42 Å². The fourth-order valence-electron chi connectivity index (χ4n) is 2.43. The van der Waals surface area contributed by atoms with Crippen LogP contribution in [0.25, 0.3) is 11.5 Å². The topological polar surface area (TPSA) is 88.3 Å². The monoisotopic (exact) mass is 494 g/mol. The second-order valence-corrected chi connectivity index (χ2v) is 8.81. The number of nitrogens with zero attached hydrogens (tertiary/aromatic N) is 3. The number of thioether (sulfide) groups is 1. The molecule has 0 atom stereocenters. The third kappa shape index (κ3) is 6.41. The minimum absolute atomic E-state index is 0.0222. The summed E-state index contributed by atoms with van der Waals surface area (Å²) in [6.45, 7) is 2.78. The summed E-state index contributed by atoms with van der Waals surface area (Å²) in [5.74, 6) is 0.160. The van der Waals surface area contributed by atoms with E-state index in [2.05, 4.69) is 31.4 Å². The first-order valence-electron chi connectivity index (χ1n) is 8.84. The number of benzene rings is 1. The molecule has 1 aromatic carbocycles. The number of nitrogens with one attached hydrogen (secondary N) is 1. The molecule has 0 fully saturated rings. The van der Waals surface area contributed by atoms with E-state index >= 15 is 0 Å². The average Bonchev–Trinajstić information content (AvgIpc) is 3.40. The van der Waals surface area contributed by atoms with Crippen molar-refractivity contribution in [3.05, 3.63) is 51.1 Å². The maximum absolute atomic E-state index is 12.5. The maximum atomic E-state index is 12.5. The van der Waals surface area contributed by atoms with Crippen molar-refractivity contribution in [1.82, 2.24) is 20.4 Å². The lowest BCUT2D eigenvalue weighted by atomic mass is 10.2. The molecule has 2 aromatic heterocycles. The lowest BCUT2D eigenvalue weighted by Crippen LogP contribution is -2.41. The molecule has 0 aliphatic heterocycles. The van der Waals surface area contributed by atoms with Crippen LogP contribution in [0.2, 0.25) is 0 Å². The Morgan fingerprint density at radius 1 is 1.28 bits per heavy atom. The van der Waals surface area contributed by atoms with Gasteiger partial charge in [0.1, 0.15) is 0 Å². The van der Waals surface area contributed by atoms with Crippen LogP contribution < -0.4 is 5.32 Å². The Labute approximate surface area is 185 Å². The fraction of sp³-hybridized carbons (Fsp3) is 0.263. The molecule has 0 saturated carbocycles. The second kappa shape index (κ2) is 10.6. The highest BCUT2D eigenvalue weighted by molar-refractivity contribution is 9.10. The SMILES string of the molecule is CCN(CC(=O)NCc1cccs1)C(=O)CSc1nnc(-c2cccc(Br)c2)o1. The number of amides is 2. The van der Waals surface area contributed by atoms with Gasteiger partial charge in [-0.3, -0.25) is 9.59 Å². The molecule has 0 aliphatic carbocycles. The third-order valence-electron chi connectivity index (χ3n) is 3.91. The van der Waals surface area contributed by atoms with Gasteiger partial charge in [0.15, 0.2) is 0 Å². The van der Waals surface area contributed by atoms with E-state index in [-0.39, 0.29) is 24.1 Å². The molecule has 1 N–H and O–H groups in total. The van der Waals surface area contributed by atoms with Crippen LogP contribution in [0.5, 0.6) is 0 Å². The zero-order chi connectivity index (χ0) is 20.6. The van der Waals surface area contributed by atoms with Gasteiger partial charge in [0, 0.05) is 21.5 Å². The Morgan fingerprint density at radius 2 is 2.14 bits per heavy atom. The summed E-state index contributed by atoms with van der Waals surface area (Å²) in [4.78, 5) is 27.2. The molecule has 152 valence electrons. The van der Waals surface area contributed by atoms with Crippen molar-refractivity contribution in [2.75, 3.05) is 18.8 Å². The van der Waals surface area contributed by atoms with E-state index in [0.717, 1.165) is 26.7 Å². The molecule has 0 bridgehead atoms. The van der Waals surface area contributed by atoms with E-state index in [1.54, 1.807) is 11.3 Å². The van der Waals surface area contributed by atoms with Gasteiger partial charge in [-0.1, -0.05) is 39.8 Å². The number of carbonyl (C=O) groups is 2. The first-order valence-corrected chi connectivity index (χ1v) is 11.5. The van der Waals surface area contributed by atoms with Crippen LogP contribution in [0.1, 0.15) is 11.8 Å². The summed E-state index contributed by atoms with van der Waals surface area (Å²) in [5.41, 5.74) is 0.794. The summed E-state index contributed by atoms with van der Waals surface area (Å²) < 4.78 is 6.53. The molecule has 2 heterocycles. The van der Waals surface area contributed by atoms with Gasteiger partial charge in [0.2, 0.25) is 17.7 Å². The van der Waals surface area contributed by atoms with Gasteiger partial charge >= 0.3 is 0 Å². The van der Waals surface area contributed by atoms with Crippen LogP contribution in [0.4, 0.5) is 0 Å². The van der Waals surface area contributed by atoms with E-state index in [1.165, 1.54) is 4.90 Å². The van der Waals surface area contributed by atoms with Crippen molar-refractivity contribution >= 4 is 50.8 Å². The Balaban J connectivity index is 1.49. The number of hydrogen-bond acceptors (Lipinski definition) is 7. The summed E-state index contributed by atoms with van der Waals surface area (Å²) in [7, 11) is 0. The first-order chi connectivity index (χ1) is 14.0. The number of rotatable bonds is 9.